The molecule has 69 heavy (non-hydrogen) atoms. The zero-order valence-electron chi connectivity index (χ0n) is 37.8. The van der Waals surface area contributed by atoms with Crippen molar-refractivity contribution >= 4 is 39.0 Å². The van der Waals surface area contributed by atoms with E-state index in [4.69, 9.17) is 4.42 Å². The second-order valence-corrected chi connectivity index (χ2v) is 18.0. The normalized spacial score (nSPS) is 12.5. The third kappa shape index (κ3) is 6.72. The number of para-hydroxylation sites is 2. The molecule has 0 amide bonds. The molecule has 0 atom stereocenters. The van der Waals surface area contributed by atoms with E-state index < -0.39 is 5.41 Å². The molecule has 2 heteroatoms. The lowest BCUT2D eigenvalue weighted by molar-refractivity contribution is 0.671. The summed E-state index contributed by atoms with van der Waals surface area (Å²) in [5, 5.41) is 2.23. The summed E-state index contributed by atoms with van der Waals surface area (Å²) in [6, 6.07) is 99.0. The standard InChI is InChI=1S/C67H45NO/c1-5-17-46(18-6-1)47-31-33-48(34-32-47)49-35-39-54(40-36-49)68(55-41-37-51(38-42-55)58-27-16-29-62-61-28-15-26-57(65(61)69-66(58)62)50-19-7-2-8-20-50)56-43-44-60-59-25-13-14-30-63(59)67(64(60)45-56,52-21-9-3-10-22-52)53-23-11-4-12-24-53/h1-45H. The van der Waals surface area contributed by atoms with Crippen molar-refractivity contribution in [2.75, 3.05) is 4.90 Å². The second kappa shape index (κ2) is 16.7. The summed E-state index contributed by atoms with van der Waals surface area (Å²) < 4.78 is 6.87. The Morgan fingerprint density at radius 2 is 0.638 bits per heavy atom. The second-order valence-electron chi connectivity index (χ2n) is 18.0. The number of rotatable bonds is 9. The fraction of sp³-hybridized carbons (Fsp3) is 0.0149. The van der Waals surface area contributed by atoms with Gasteiger partial charge in [0.25, 0.3) is 0 Å². The summed E-state index contributed by atoms with van der Waals surface area (Å²) in [4.78, 5) is 2.41. The maximum absolute atomic E-state index is 6.87. The number of hydrogen-bond acceptors (Lipinski definition) is 2. The van der Waals surface area contributed by atoms with Crippen molar-refractivity contribution in [1.82, 2.24) is 0 Å². The molecule has 1 aliphatic carbocycles. The highest BCUT2D eigenvalue weighted by molar-refractivity contribution is 6.13. The van der Waals surface area contributed by atoms with Crippen LogP contribution in [0.1, 0.15) is 22.3 Å². The van der Waals surface area contributed by atoms with Crippen LogP contribution in [0.5, 0.6) is 0 Å². The molecule has 1 aliphatic rings. The molecule has 0 unspecified atom stereocenters. The number of fused-ring (bicyclic) bond motifs is 6. The Morgan fingerprint density at radius 1 is 0.261 bits per heavy atom. The van der Waals surface area contributed by atoms with Crippen molar-refractivity contribution in [2.45, 2.75) is 5.41 Å². The molecule has 0 fully saturated rings. The van der Waals surface area contributed by atoms with Crippen LogP contribution in [0, 0.1) is 0 Å². The molecule has 0 radical (unpaired) electrons. The van der Waals surface area contributed by atoms with Crippen LogP contribution < -0.4 is 4.90 Å². The average Bonchev–Trinajstić information content (AvgIpc) is 3.97. The number of furan rings is 1. The van der Waals surface area contributed by atoms with Gasteiger partial charge in [0.1, 0.15) is 11.2 Å². The maximum atomic E-state index is 6.87. The summed E-state index contributed by atoms with van der Waals surface area (Å²) in [5.74, 6) is 0. The van der Waals surface area contributed by atoms with E-state index in [9.17, 15) is 0 Å². The summed E-state index contributed by atoms with van der Waals surface area (Å²) in [6.07, 6.45) is 0. The van der Waals surface area contributed by atoms with Gasteiger partial charge >= 0.3 is 0 Å². The van der Waals surface area contributed by atoms with Crippen LogP contribution in [0.2, 0.25) is 0 Å². The van der Waals surface area contributed by atoms with Gasteiger partial charge in [-0.25, -0.2) is 0 Å². The van der Waals surface area contributed by atoms with Gasteiger partial charge in [-0.15, -0.1) is 0 Å². The molecular weight excluding hydrogens is 835 g/mol. The van der Waals surface area contributed by atoms with Gasteiger partial charge in [0.15, 0.2) is 0 Å². The molecule has 324 valence electrons. The van der Waals surface area contributed by atoms with E-state index >= 15 is 0 Å². The Bertz CT molecular complexity index is 3740. The van der Waals surface area contributed by atoms with Gasteiger partial charge in [-0.1, -0.05) is 237 Å². The Kier molecular flexibility index (Phi) is 9.77. The first kappa shape index (κ1) is 40.3. The van der Waals surface area contributed by atoms with Crippen LogP contribution in [0.4, 0.5) is 17.1 Å². The fourth-order valence-electron chi connectivity index (χ4n) is 11.0. The molecule has 11 aromatic carbocycles. The Hall–Kier alpha value is -8.98. The highest BCUT2D eigenvalue weighted by Gasteiger charge is 2.46. The topological polar surface area (TPSA) is 16.4 Å². The molecule has 0 saturated carbocycles. The molecule has 1 heterocycles. The van der Waals surface area contributed by atoms with E-state index in [1.807, 2.05) is 0 Å². The van der Waals surface area contributed by atoms with Crippen molar-refractivity contribution < 1.29 is 4.42 Å². The van der Waals surface area contributed by atoms with Gasteiger partial charge in [-0.2, -0.15) is 0 Å². The predicted molar refractivity (Wildman–Crippen MR) is 287 cm³/mol. The number of nitrogens with zero attached hydrogens (tertiary/aromatic N) is 1. The molecule has 0 saturated heterocycles. The minimum atomic E-state index is -0.526. The SMILES string of the molecule is c1ccc(-c2ccc(-c3ccc(N(c4ccc(-c5cccc6c5oc5c(-c7ccccc7)cccc56)cc4)c4ccc5c(c4)C(c4ccccc4)(c4ccccc4)c4ccccc4-5)cc3)cc2)cc1. The van der Waals surface area contributed by atoms with Gasteiger partial charge in [0.2, 0.25) is 0 Å². The predicted octanol–water partition coefficient (Wildman–Crippen LogP) is 18.1. The number of benzene rings is 11. The van der Waals surface area contributed by atoms with Gasteiger partial charge in [-0.05, 0) is 103 Å². The molecule has 0 aliphatic heterocycles. The number of anilines is 3. The van der Waals surface area contributed by atoms with E-state index in [1.54, 1.807) is 0 Å². The summed E-state index contributed by atoms with van der Waals surface area (Å²) in [5.41, 5.74) is 21.2. The van der Waals surface area contributed by atoms with Crippen LogP contribution in [0.15, 0.2) is 277 Å². The largest absolute Gasteiger partial charge is 0.455 e. The first-order valence-electron chi connectivity index (χ1n) is 23.7. The molecule has 0 spiro atoms. The van der Waals surface area contributed by atoms with E-state index in [0.29, 0.717) is 0 Å². The van der Waals surface area contributed by atoms with Crippen molar-refractivity contribution in [3.8, 4) is 55.6 Å². The molecule has 2 nitrogen and oxygen atoms in total. The molecule has 13 rings (SSSR count). The minimum Gasteiger partial charge on any atom is -0.455 e. The first-order valence-corrected chi connectivity index (χ1v) is 23.7. The molecule has 12 aromatic rings. The lowest BCUT2D eigenvalue weighted by Gasteiger charge is -2.35. The van der Waals surface area contributed by atoms with E-state index in [0.717, 1.165) is 61.3 Å². The van der Waals surface area contributed by atoms with Gasteiger partial charge in [0.05, 0.1) is 5.41 Å². The number of hydrogen-bond donors (Lipinski definition) is 0. The van der Waals surface area contributed by atoms with Crippen LogP contribution in [-0.2, 0) is 5.41 Å². The van der Waals surface area contributed by atoms with E-state index in [-0.39, 0.29) is 0 Å². The van der Waals surface area contributed by atoms with Crippen molar-refractivity contribution in [3.63, 3.8) is 0 Å². The molecule has 0 N–H and O–H groups in total. The van der Waals surface area contributed by atoms with Gasteiger partial charge in [0, 0.05) is 39.0 Å². The molecule has 1 aromatic heterocycles. The van der Waals surface area contributed by atoms with Crippen LogP contribution in [0.25, 0.3) is 77.6 Å². The third-order valence-electron chi connectivity index (χ3n) is 14.2. The maximum Gasteiger partial charge on any atom is 0.143 e. The quantitative estimate of drug-likeness (QED) is 0.144. The summed E-state index contributed by atoms with van der Waals surface area (Å²) >= 11 is 0. The van der Waals surface area contributed by atoms with Crippen molar-refractivity contribution in [3.05, 3.63) is 295 Å². The van der Waals surface area contributed by atoms with Crippen LogP contribution in [-0.4, -0.2) is 0 Å². The lowest BCUT2D eigenvalue weighted by Crippen LogP contribution is -2.28. The summed E-state index contributed by atoms with van der Waals surface area (Å²) in [7, 11) is 0. The highest BCUT2D eigenvalue weighted by atomic mass is 16.3. The third-order valence-corrected chi connectivity index (χ3v) is 14.2. The van der Waals surface area contributed by atoms with E-state index in [1.165, 1.54) is 55.6 Å². The van der Waals surface area contributed by atoms with E-state index in [2.05, 4.69) is 278 Å². The Balaban J connectivity index is 0.954. The van der Waals surface area contributed by atoms with Gasteiger partial charge < -0.3 is 9.32 Å². The Labute approximate surface area is 402 Å². The minimum absolute atomic E-state index is 0.526. The highest BCUT2D eigenvalue weighted by Crippen LogP contribution is 2.57. The van der Waals surface area contributed by atoms with Crippen molar-refractivity contribution in [2.24, 2.45) is 0 Å². The van der Waals surface area contributed by atoms with Crippen molar-refractivity contribution in [1.29, 1.82) is 0 Å². The molecular formula is C67H45NO. The summed E-state index contributed by atoms with van der Waals surface area (Å²) in [6.45, 7) is 0. The zero-order chi connectivity index (χ0) is 45.7. The van der Waals surface area contributed by atoms with Crippen LogP contribution >= 0.6 is 0 Å². The first-order chi connectivity index (χ1) is 34.2. The smallest absolute Gasteiger partial charge is 0.143 e. The Morgan fingerprint density at radius 3 is 1.17 bits per heavy atom. The monoisotopic (exact) mass is 879 g/mol. The van der Waals surface area contributed by atoms with Crippen LogP contribution in [0.3, 0.4) is 0 Å². The fourth-order valence-corrected chi connectivity index (χ4v) is 11.0. The van der Waals surface area contributed by atoms with Gasteiger partial charge in [-0.3, -0.25) is 0 Å². The molecule has 0 bridgehead atoms. The zero-order valence-corrected chi connectivity index (χ0v) is 37.8. The lowest BCUT2D eigenvalue weighted by atomic mass is 9.67. The average molecular weight is 880 g/mol.